The van der Waals surface area contributed by atoms with Gasteiger partial charge in [0.25, 0.3) is 0 Å². The molecule has 1 fully saturated rings. The topological polar surface area (TPSA) is 12.5 Å². The van der Waals surface area contributed by atoms with Gasteiger partial charge >= 0.3 is 0 Å². The van der Waals surface area contributed by atoms with Crippen molar-refractivity contribution in [2.45, 2.75) is 26.0 Å². The molecule has 1 aromatic carbocycles. The Hall–Kier alpha value is -1.32. The maximum atomic E-state index is 6.16. The predicted molar refractivity (Wildman–Crippen MR) is 84.2 cm³/mol. The summed E-state index contributed by atoms with van der Waals surface area (Å²) in [6.45, 7) is 4.42. The van der Waals surface area contributed by atoms with E-state index in [0.717, 1.165) is 25.3 Å². The van der Waals surface area contributed by atoms with Crippen LogP contribution < -0.4 is 4.74 Å². The van der Waals surface area contributed by atoms with Gasteiger partial charge in [-0.05, 0) is 42.5 Å². The second-order valence-electron chi connectivity index (χ2n) is 5.36. The second kappa shape index (κ2) is 6.42. The Balaban J connectivity index is 1.62. The van der Waals surface area contributed by atoms with Gasteiger partial charge in [-0.2, -0.15) is 0 Å². The molecule has 2 nitrogen and oxygen atoms in total. The number of rotatable bonds is 5. The van der Waals surface area contributed by atoms with Gasteiger partial charge in [-0.1, -0.05) is 31.2 Å². The highest BCUT2D eigenvalue weighted by Gasteiger charge is 2.32. The van der Waals surface area contributed by atoms with Crippen LogP contribution in [-0.2, 0) is 6.42 Å². The van der Waals surface area contributed by atoms with Gasteiger partial charge in [-0.3, -0.25) is 4.90 Å². The Morgan fingerprint density at radius 1 is 1.20 bits per heavy atom. The largest absolute Gasteiger partial charge is 0.475 e. The van der Waals surface area contributed by atoms with Gasteiger partial charge in [0.15, 0.2) is 6.23 Å². The van der Waals surface area contributed by atoms with Crippen molar-refractivity contribution in [3.8, 4) is 5.75 Å². The van der Waals surface area contributed by atoms with E-state index in [1.165, 1.54) is 11.3 Å². The lowest BCUT2D eigenvalue weighted by Crippen LogP contribution is -2.33. The smallest absolute Gasteiger partial charge is 0.152 e. The number of hydrogen-bond donors (Lipinski definition) is 0. The van der Waals surface area contributed by atoms with E-state index in [9.17, 15) is 0 Å². The first kappa shape index (κ1) is 13.7. The SMILES string of the molecule is CCN1CC(Cc2cccs2)CC1Oc1ccccc1. The number of nitrogens with zero attached hydrogens (tertiary/aromatic N) is 1. The molecule has 1 aromatic heterocycles. The minimum absolute atomic E-state index is 0.229. The molecule has 1 aliphatic rings. The highest BCUT2D eigenvalue weighted by Crippen LogP contribution is 2.29. The number of benzene rings is 1. The van der Waals surface area contributed by atoms with Gasteiger partial charge in [-0.25, -0.2) is 0 Å². The van der Waals surface area contributed by atoms with Gasteiger partial charge in [0.2, 0.25) is 0 Å². The zero-order valence-corrected chi connectivity index (χ0v) is 12.7. The third-order valence-electron chi connectivity index (χ3n) is 3.93. The monoisotopic (exact) mass is 287 g/mol. The molecule has 2 atom stereocenters. The normalized spacial score (nSPS) is 23.1. The Morgan fingerprint density at radius 3 is 2.75 bits per heavy atom. The fourth-order valence-electron chi connectivity index (χ4n) is 2.93. The zero-order chi connectivity index (χ0) is 13.8. The molecule has 0 spiro atoms. The molecule has 1 saturated heterocycles. The van der Waals surface area contributed by atoms with Crippen molar-refractivity contribution in [2.75, 3.05) is 13.1 Å². The van der Waals surface area contributed by atoms with E-state index in [-0.39, 0.29) is 6.23 Å². The summed E-state index contributed by atoms with van der Waals surface area (Å²) in [5.74, 6) is 1.69. The Bertz CT molecular complexity index is 511. The summed E-state index contributed by atoms with van der Waals surface area (Å²) in [7, 11) is 0. The molecule has 1 aliphatic heterocycles. The second-order valence-corrected chi connectivity index (χ2v) is 6.39. The van der Waals surface area contributed by atoms with E-state index >= 15 is 0 Å². The predicted octanol–water partition coefficient (Wildman–Crippen LogP) is 4.04. The number of likely N-dealkylation sites (tertiary alicyclic amines) is 1. The van der Waals surface area contributed by atoms with E-state index < -0.39 is 0 Å². The summed E-state index contributed by atoms with van der Waals surface area (Å²) in [5.41, 5.74) is 0. The number of para-hydroxylation sites is 1. The molecule has 2 heterocycles. The molecule has 2 unspecified atom stereocenters. The Kier molecular flexibility index (Phi) is 4.38. The number of ether oxygens (including phenoxy) is 1. The average Bonchev–Trinajstić information content (AvgIpc) is 3.10. The fourth-order valence-corrected chi connectivity index (χ4v) is 3.75. The highest BCUT2D eigenvalue weighted by molar-refractivity contribution is 7.09. The molecule has 0 bridgehead atoms. The lowest BCUT2D eigenvalue weighted by atomic mass is 10.0. The minimum atomic E-state index is 0.229. The Labute approximate surface area is 125 Å². The van der Waals surface area contributed by atoms with Crippen molar-refractivity contribution < 1.29 is 4.74 Å². The molecule has 3 heteroatoms. The van der Waals surface area contributed by atoms with Gasteiger partial charge in [0, 0.05) is 17.8 Å². The third kappa shape index (κ3) is 3.22. The molecule has 3 rings (SSSR count). The van der Waals surface area contributed by atoms with Crippen LogP contribution in [0.3, 0.4) is 0 Å². The molecule has 0 amide bonds. The van der Waals surface area contributed by atoms with E-state index in [0.29, 0.717) is 5.92 Å². The van der Waals surface area contributed by atoms with Crippen molar-refractivity contribution in [3.63, 3.8) is 0 Å². The maximum Gasteiger partial charge on any atom is 0.152 e. The van der Waals surface area contributed by atoms with Crippen LogP contribution in [0.2, 0.25) is 0 Å². The Morgan fingerprint density at radius 2 is 2.05 bits per heavy atom. The van der Waals surface area contributed by atoms with Crippen LogP contribution in [0.25, 0.3) is 0 Å². The van der Waals surface area contributed by atoms with Gasteiger partial charge in [-0.15, -0.1) is 11.3 Å². The van der Waals surface area contributed by atoms with Gasteiger partial charge in [0.05, 0.1) is 0 Å². The average molecular weight is 287 g/mol. The standard InChI is InChI=1S/C17H21NOS/c1-2-18-13-14(11-16-9-6-10-20-16)12-17(18)19-15-7-4-3-5-8-15/h3-10,14,17H,2,11-13H2,1H3. The molecular weight excluding hydrogens is 266 g/mol. The minimum Gasteiger partial charge on any atom is -0.475 e. The summed E-state index contributed by atoms with van der Waals surface area (Å²) in [6, 6.07) is 14.6. The summed E-state index contributed by atoms with van der Waals surface area (Å²) < 4.78 is 6.16. The van der Waals surface area contributed by atoms with Crippen molar-refractivity contribution >= 4 is 11.3 Å². The van der Waals surface area contributed by atoms with Crippen molar-refractivity contribution in [1.82, 2.24) is 4.90 Å². The van der Waals surface area contributed by atoms with Gasteiger partial charge < -0.3 is 4.74 Å². The first-order chi connectivity index (χ1) is 9.85. The van der Waals surface area contributed by atoms with Crippen molar-refractivity contribution in [1.29, 1.82) is 0 Å². The molecule has 0 radical (unpaired) electrons. The van der Waals surface area contributed by atoms with E-state index in [1.54, 1.807) is 0 Å². The van der Waals surface area contributed by atoms with E-state index in [4.69, 9.17) is 4.74 Å². The molecule has 0 N–H and O–H groups in total. The first-order valence-electron chi connectivity index (χ1n) is 7.33. The van der Waals surface area contributed by atoms with Crippen LogP contribution in [0.4, 0.5) is 0 Å². The summed E-state index contributed by atoms with van der Waals surface area (Å²) in [6.07, 6.45) is 2.54. The number of thiophene rings is 1. The quantitative estimate of drug-likeness (QED) is 0.823. The molecule has 20 heavy (non-hydrogen) atoms. The van der Waals surface area contributed by atoms with Crippen LogP contribution in [0.1, 0.15) is 18.2 Å². The maximum absolute atomic E-state index is 6.16. The molecule has 0 saturated carbocycles. The van der Waals surface area contributed by atoms with Gasteiger partial charge in [0.1, 0.15) is 5.75 Å². The summed E-state index contributed by atoms with van der Waals surface area (Å²) in [4.78, 5) is 3.94. The fraction of sp³-hybridized carbons (Fsp3) is 0.412. The molecular formula is C17H21NOS. The third-order valence-corrected chi connectivity index (χ3v) is 4.83. The van der Waals surface area contributed by atoms with Crippen molar-refractivity contribution in [2.24, 2.45) is 5.92 Å². The summed E-state index contributed by atoms with van der Waals surface area (Å²) >= 11 is 1.86. The lowest BCUT2D eigenvalue weighted by molar-refractivity contribution is 0.0650. The van der Waals surface area contributed by atoms with E-state index in [1.807, 2.05) is 41.7 Å². The summed E-state index contributed by atoms with van der Waals surface area (Å²) in [5, 5.41) is 2.17. The first-order valence-corrected chi connectivity index (χ1v) is 8.21. The van der Waals surface area contributed by atoms with Crippen LogP contribution in [0.5, 0.6) is 5.75 Å². The van der Waals surface area contributed by atoms with Crippen molar-refractivity contribution in [3.05, 3.63) is 52.7 Å². The van der Waals surface area contributed by atoms with Crippen LogP contribution in [0, 0.1) is 5.92 Å². The van der Waals surface area contributed by atoms with Crippen LogP contribution >= 0.6 is 11.3 Å². The lowest BCUT2D eigenvalue weighted by Gasteiger charge is -2.23. The number of hydrogen-bond acceptors (Lipinski definition) is 3. The van der Waals surface area contributed by atoms with Crippen LogP contribution in [0.15, 0.2) is 47.8 Å². The van der Waals surface area contributed by atoms with E-state index in [2.05, 4.69) is 29.3 Å². The van der Waals surface area contributed by atoms with Crippen LogP contribution in [-0.4, -0.2) is 24.2 Å². The highest BCUT2D eigenvalue weighted by atomic mass is 32.1. The zero-order valence-electron chi connectivity index (χ0n) is 11.9. The molecule has 106 valence electrons. The molecule has 0 aliphatic carbocycles. The molecule has 2 aromatic rings.